The Balaban J connectivity index is 2.04. The highest BCUT2D eigenvalue weighted by Crippen LogP contribution is 2.28. The second-order valence-electron chi connectivity index (χ2n) is 4.58. The van der Waals surface area contributed by atoms with Crippen LogP contribution in [0.1, 0.15) is 11.1 Å². The molecule has 0 amide bonds. The Morgan fingerprint density at radius 3 is 2.00 bits per heavy atom. The summed E-state index contributed by atoms with van der Waals surface area (Å²) in [4.78, 5) is 23.7. The van der Waals surface area contributed by atoms with Gasteiger partial charge in [-0.25, -0.2) is 9.59 Å². The van der Waals surface area contributed by atoms with E-state index in [0.717, 1.165) is 5.56 Å². The van der Waals surface area contributed by atoms with E-state index < -0.39 is 11.9 Å². The van der Waals surface area contributed by atoms with Crippen LogP contribution in [0.5, 0.6) is 0 Å². The van der Waals surface area contributed by atoms with E-state index in [2.05, 4.69) is 0 Å². The van der Waals surface area contributed by atoms with Gasteiger partial charge >= 0.3 is 11.9 Å². The number of esters is 2. The maximum atomic E-state index is 11.9. The number of cyclic esters (lactones) is 2. The van der Waals surface area contributed by atoms with Gasteiger partial charge in [-0.2, -0.15) is 0 Å². The molecule has 0 fully saturated rings. The zero-order valence-electron chi connectivity index (χ0n) is 11.2. The molecule has 102 valence electrons. The van der Waals surface area contributed by atoms with Crippen LogP contribution in [0.15, 0.2) is 72.3 Å². The lowest BCUT2D eigenvalue weighted by Crippen LogP contribution is -2.01. The number of hydrogen-bond acceptors (Lipinski definition) is 3. The molecule has 0 N–H and O–H groups in total. The van der Waals surface area contributed by atoms with Gasteiger partial charge in [0.1, 0.15) is 0 Å². The maximum Gasteiger partial charge on any atom is 0.347 e. The summed E-state index contributed by atoms with van der Waals surface area (Å²) in [5.74, 6) is -1.20. The van der Waals surface area contributed by atoms with E-state index in [-0.39, 0.29) is 5.57 Å². The zero-order valence-corrected chi connectivity index (χ0v) is 11.2. The summed E-state index contributed by atoms with van der Waals surface area (Å²) in [7, 11) is 0. The monoisotopic (exact) mass is 276 g/mol. The van der Waals surface area contributed by atoms with Gasteiger partial charge in [0.15, 0.2) is 0 Å². The Labute approximate surface area is 122 Å². The van der Waals surface area contributed by atoms with E-state index in [0.29, 0.717) is 11.1 Å². The number of carbonyl (C=O) groups excluding carboxylic acids is 2. The van der Waals surface area contributed by atoms with E-state index in [9.17, 15) is 9.59 Å². The molecule has 21 heavy (non-hydrogen) atoms. The summed E-state index contributed by atoms with van der Waals surface area (Å²) in [6, 6.07) is 18.6. The van der Waals surface area contributed by atoms with Gasteiger partial charge in [0.2, 0.25) is 0 Å². The largest absolute Gasteiger partial charge is 0.386 e. The van der Waals surface area contributed by atoms with Crippen molar-refractivity contribution in [3.63, 3.8) is 0 Å². The van der Waals surface area contributed by atoms with Crippen LogP contribution in [0.25, 0.3) is 11.6 Å². The Kier molecular flexibility index (Phi) is 3.48. The minimum Gasteiger partial charge on any atom is -0.386 e. The number of carbonyl (C=O) groups is 2. The van der Waals surface area contributed by atoms with Crippen LogP contribution in [0, 0.1) is 0 Å². The summed E-state index contributed by atoms with van der Waals surface area (Å²) in [6.07, 6.45) is 3.42. The van der Waals surface area contributed by atoms with Crippen molar-refractivity contribution in [1.82, 2.24) is 0 Å². The molecule has 1 heterocycles. The fourth-order valence-electron chi connectivity index (χ4n) is 2.18. The first-order chi connectivity index (χ1) is 10.3. The van der Waals surface area contributed by atoms with E-state index >= 15 is 0 Å². The van der Waals surface area contributed by atoms with E-state index in [1.165, 1.54) is 0 Å². The molecule has 0 saturated carbocycles. The summed E-state index contributed by atoms with van der Waals surface area (Å²) in [5.41, 5.74) is 2.23. The second-order valence-corrected chi connectivity index (χ2v) is 4.58. The zero-order chi connectivity index (χ0) is 14.7. The third-order valence-corrected chi connectivity index (χ3v) is 3.18. The van der Waals surface area contributed by atoms with E-state index in [1.807, 2.05) is 48.5 Å². The molecular weight excluding hydrogens is 264 g/mol. The Morgan fingerprint density at radius 2 is 1.33 bits per heavy atom. The summed E-state index contributed by atoms with van der Waals surface area (Å²) in [5, 5.41) is 0. The van der Waals surface area contributed by atoms with Crippen LogP contribution in [0.2, 0.25) is 0 Å². The van der Waals surface area contributed by atoms with Crippen molar-refractivity contribution in [3.05, 3.63) is 83.4 Å². The predicted molar refractivity (Wildman–Crippen MR) is 79.9 cm³/mol. The molecule has 0 saturated heterocycles. The lowest BCUT2D eigenvalue weighted by molar-refractivity contribution is -0.150. The van der Waals surface area contributed by atoms with Crippen molar-refractivity contribution in [2.45, 2.75) is 0 Å². The molecule has 0 spiro atoms. The fraction of sp³-hybridized carbons (Fsp3) is 0. The molecule has 2 aromatic carbocycles. The van der Waals surface area contributed by atoms with Crippen LogP contribution in [0.3, 0.4) is 0 Å². The maximum absolute atomic E-state index is 11.9. The topological polar surface area (TPSA) is 43.4 Å². The lowest BCUT2D eigenvalue weighted by Gasteiger charge is -1.99. The van der Waals surface area contributed by atoms with Gasteiger partial charge in [0.05, 0.1) is 11.1 Å². The molecule has 1 aliphatic rings. The Morgan fingerprint density at radius 1 is 0.714 bits per heavy atom. The third kappa shape index (κ3) is 2.67. The van der Waals surface area contributed by atoms with Crippen molar-refractivity contribution in [3.8, 4) is 0 Å². The first-order valence-electron chi connectivity index (χ1n) is 6.55. The van der Waals surface area contributed by atoms with Gasteiger partial charge in [0.25, 0.3) is 0 Å². The Bertz CT molecular complexity index is 741. The quantitative estimate of drug-likeness (QED) is 0.638. The molecule has 0 radical (unpaired) electrons. The van der Waals surface area contributed by atoms with Gasteiger partial charge in [-0.1, -0.05) is 66.7 Å². The van der Waals surface area contributed by atoms with Gasteiger partial charge in [-0.15, -0.1) is 0 Å². The molecule has 3 heteroatoms. The minimum absolute atomic E-state index is 0.287. The fourth-order valence-corrected chi connectivity index (χ4v) is 2.18. The van der Waals surface area contributed by atoms with E-state index in [4.69, 9.17) is 4.74 Å². The van der Waals surface area contributed by atoms with Crippen LogP contribution < -0.4 is 0 Å². The first kappa shape index (κ1) is 13.1. The average molecular weight is 276 g/mol. The van der Waals surface area contributed by atoms with Gasteiger partial charge < -0.3 is 4.74 Å². The van der Waals surface area contributed by atoms with Gasteiger partial charge in [-0.3, -0.25) is 0 Å². The van der Waals surface area contributed by atoms with Crippen LogP contribution >= 0.6 is 0 Å². The highest BCUT2D eigenvalue weighted by atomic mass is 16.6. The summed E-state index contributed by atoms with van der Waals surface area (Å²) >= 11 is 0. The highest BCUT2D eigenvalue weighted by Gasteiger charge is 2.32. The number of ether oxygens (including phenoxy) is 1. The molecule has 2 aromatic rings. The lowest BCUT2D eigenvalue weighted by atomic mass is 10.0. The van der Waals surface area contributed by atoms with Crippen LogP contribution in [-0.4, -0.2) is 11.9 Å². The Hall–Kier alpha value is -2.94. The number of benzene rings is 2. The standard InChI is InChI=1S/C18H12O3/c19-17-15(12-11-13-7-3-1-4-8-13)16(18(20)21-17)14-9-5-2-6-10-14/h1-12H. The van der Waals surface area contributed by atoms with E-state index in [1.54, 1.807) is 24.3 Å². The summed E-state index contributed by atoms with van der Waals surface area (Å²) < 4.78 is 4.73. The molecule has 1 aliphatic heterocycles. The smallest absolute Gasteiger partial charge is 0.347 e. The second kappa shape index (κ2) is 5.59. The van der Waals surface area contributed by atoms with Crippen molar-refractivity contribution in [1.29, 1.82) is 0 Å². The normalized spacial score (nSPS) is 14.9. The molecule has 0 atom stereocenters. The average Bonchev–Trinajstić information content (AvgIpc) is 2.81. The van der Waals surface area contributed by atoms with Crippen LogP contribution in [-0.2, 0) is 14.3 Å². The van der Waals surface area contributed by atoms with Crippen molar-refractivity contribution >= 4 is 23.6 Å². The molecule has 0 aromatic heterocycles. The minimum atomic E-state index is -0.606. The molecule has 3 nitrogen and oxygen atoms in total. The van der Waals surface area contributed by atoms with Crippen molar-refractivity contribution in [2.24, 2.45) is 0 Å². The van der Waals surface area contributed by atoms with Crippen molar-refractivity contribution in [2.75, 3.05) is 0 Å². The molecular formula is C18H12O3. The third-order valence-electron chi connectivity index (χ3n) is 3.18. The molecule has 0 unspecified atom stereocenters. The van der Waals surface area contributed by atoms with Crippen LogP contribution in [0.4, 0.5) is 0 Å². The molecule has 0 bridgehead atoms. The van der Waals surface area contributed by atoms with Crippen molar-refractivity contribution < 1.29 is 14.3 Å². The predicted octanol–water partition coefficient (Wildman–Crippen LogP) is 3.24. The van der Waals surface area contributed by atoms with Gasteiger partial charge in [-0.05, 0) is 17.2 Å². The highest BCUT2D eigenvalue weighted by molar-refractivity contribution is 6.32. The number of rotatable bonds is 3. The SMILES string of the molecule is O=C1OC(=O)C(c2ccccc2)=C1C=Cc1ccccc1. The first-order valence-corrected chi connectivity index (χ1v) is 6.55. The molecule has 3 rings (SSSR count). The molecule has 0 aliphatic carbocycles. The van der Waals surface area contributed by atoms with Gasteiger partial charge in [0, 0.05) is 0 Å². The summed E-state index contributed by atoms with van der Waals surface area (Å²) in [6.45, 7) is 0. The number of hydrogen-bond donors (Lipinski definition) is 0.